The van der Waals surface area contributed by atoms with Crippen LogP contribution in [0.2, 0.25) is 0 Å². The first kappa shape index (κ1) is 21.6. The van der Waals surface area contributed by atoms with Crippen LogP contribution in [0.1, 0.15) is 19.4 Å². The third kappa shape index (κ3) is 4.22. The summed E-state index contributed by atoms with van der Waals surface area (Å²) in [5.74, 6) is -1.35. The lowest BCUT2D eigenvalue weighted by Gasteiger charge is -2.17. The van der Waals surface area contributed by atoms with E-state index in [1.807, 2.05) is 0 Å². The number of sulfone groups is 1. The van der Waals surface area contributed by atoms with Crippen LogP contribution in [-0.2, 0) is 16.0 Å². The van der Waals surface area contributed by atoms with Crippen LogP contribution in [-0.4, -0.2) is 28.8 Å². The highest BCUT2D eigenvalue weighted by atomic mass is 32.2. The number of H-pyrrole nitrogens is 1. The van der Waals surface area contributed by atoms with Gasteiger partial charge >= 0.3 is 6.18 Å². The largest absolute Gasteiger partial charge is 0.417 e. The molecule has 1 aromatic heterocycles. The van der Waals surface area contributed by atoms with Crippen molar-refractivity contribution in [2.24, 2.45) is 0 Å². The number of nitrogen functional groups attached to an aromatic ring is 1. The van der Waals surface area contributed by atoms with Gasteiger partial charge in [0.1, 0.15) is 5.82 Å². The third-order valence-corrected chi connectivity index (χ3v) is 6.42. The van der Waals surface area contributed by atoms with Crippen LogP contribution in [0.25, 0.3) is 11.1 Å². The first-order valence-electron chi connectivity index (χ1n) is 8.59. The average molecular weight is 443 g/mol. The molecule has 0 bridgehead atoms. The number of benzene rings is 2. The van der Waals surface area contributed by atoms with E-state index in [0.29, 0.717) is 0 Å². The number of alkyl halides is 3. The number of hydrogen-bond donors (Lipinski definition) is 3. The van der Waals surface area contributed by atoms with Gasteiger partial charge in [-0.05, 0) is 43.7 Å². The lowest BCUT2D eigenvalue weighted by atomic mass is 9.98. The smallest absolute Gasteiger partial charge is 0.366 e. The van der Waals surface area contributed by atoms with Gasteiger partial charge in [-0.3, -0.25) is 0 Å². The van der Waals surface area contributed by atoms with Crippen molar-refractivity contribution in [1.82, 2.24) is 15.2 Å². The van der Waals surface area contributed by atoms with Crippen molar-refractivity contribution in [3.05, 3.63) is 47.8 Å². The van der Waals surface area contributed by atoms with E-state index in [-0.39, 0.29) is 28.0 Å². The number of halogens is 4. The molecule has 12 heteroatoms. The zero-order chi connectivity index (χ0) is 22.3. The van der Waals surface area contributed by atoms with E-state index < -0.39 is 38.2 Å². The van der Waals surface area contributed by atoms with E-state index in [1.165, 1.54) is 13.8 Å². The maximum Gasteiger partial charge on any atom is 0.417 e. The molecule has 3 aromatic rings. The van der Waals surface area contributed by atoms with Crippen molar-refractivity contribution in [3.63, 3.8) is 0 Å². The van der Waals surface area contributed by atoms with Crippen molar-refractivity contribution >= 4 is 27.4 Å². The number of aromatic nitrogens is 3. The summed E-state index contributed by atoms with van der Waals surface area (Å²) in [6.07, 6.45) is -4.88. The van der Waals surface area contributed by atoms with E-state index >= 15 is 0 Å². The molecule has 2 aromatic carbocycles. The summed E-state index contributed by atoms with van der Waals surface area (Å²) < 4.78 is 80.2. The number of hydrogen-bond acceptors (Lipinski definition) is 6. The van der Waals surface area contributed by atoms with Crippen LogP contribution in [0.3, 0.4) is 0 Å². The molecule has 1 heterocycles. The van der Waals surface area contributed by atoms with E-state index in [9.17, 15) is 26.0 Å². The van der Waals surface area contributed by atoms with Gasteiger partial charge in [0.2, 0.25) is 11.9 Å². The Labute approximate surface area is 169 Å². The van der Waals surface area contributed by atoms with Crippen molar-refractivity contribution in [2.45, 2.75) is 30.2 Å². The lowest BCUT2D eigenvalue weighted by Crippen LogP contribution is -2.14. The predicted molar refractivity (Wildman–Crippen MR) is 103 cm³/mol. The molecule has 0 unspecified atom stereocenters. The molecule has 0 spiro atoms. The van der Waals surface area contributed by atoms with Gasteiger partial charge in [-0.2, -0.15) is 18.2 Å². The summed E-state index contributed by atoms with van der Waals surface area (Å²) in [6.45, 7) is 2.97. The van der Waals surface area contributed by atoms with Gasteiger partial charge in [-0.25, -0.2) is 17.9 Å². The number of anilines is 3. The Morgan fingerprint density at radius 2 is 1.77 bits per heavy atom. The van der Waals surface area contributed by atoms with E-state index in [1.54, 1.807) is 0 Å². The minimum absolute atomic E-state index is 0.0589. The fraction of sp³-hybridized carbons (Fsp3) is 0.222. The first-order valence-corrected chi connectivity index (χ1v) is 10.1. The quantitative estimate of drug-likeness (QED) is 0.511. The molecule has 30 heavy (non-hydrogen) atoms. The zero-order valence-corrected chi connectivity index (χ0v) is 16.6. The Morgan fingerprint density at radius 3 is 2.27 bits per heavy atom. The second kappa shape index (κ2) is 7.59. The summed E-state index contributed by atoms with van der Waals surface area (Å²) in [5, 5.41) is 7.64. The van der Waals surface area contributed by atoms with E-state index in [2.05, 4.69) is 20.5 Å². The second-order valence-electron chi connectivity index (χ2n) is 6.66. The predicted octanol–water partition coefficient (Wildman–Crippen LogP) is 4.14. The number of nitrogens with zero attached hydrogens (tertiary/aromatic N) is 2. The molecule has 0 radical (unpaired) electrons. The van der Waals surface area contributed by atoms with Crippen molar-refractivity contribution in [1.29, 1.82) is 0 Å². The molecule has 0 aliphatic carbocycles. The third-order valence-electron chi connectivity index (χ3n) is 4.25. The molecule has 0 saturated carbocycles. The van der Waals surface area contributed by atoms with Crippen molar-refractivity contribution < 1.29 is 26.0 Å². The SMILES string of the molecule is CC(C)S(=O)(=O)c1ccc(-c2c(F)cc(Nc3nc(N)n[nH]3)cc2C(F)(F)F)cc1. The van der Waals surface area contributed by atoms with Crippen LogP contribution in [0.15, 0.2) is 41.3 Å². The van der Waals surface area contributed by atoms with Crippen LogP contribution in [0.5, 0.6) is 0 Å². The molecule has 7 nitrogen and oxygen atoms in total. The molecule has 0 fully saturated rings. The van der Waals surface area contributed by atoms with Gasteiger partial charge in [0.25, 0.3) is 0 Å². The van der Waals surface area contributed by atoms with E-state index in [0.717, 1.165) is 36.4 Å². The molecular weight excluding hydrogens is 426 g/mol. The van der Waals surface area contributed by atoms with Gasteiger partial charge < -0.3 is 11.1 Å². The number of rotatable bonds is 5. The maximum atomic E-state index is 14.8. The number of nitrogens with two attached hydrogens (primary N) is 1. The molecule has 3 rings (SSSR count). The summed E-state index contributed by atoms with van der Waals surface area (Å²) in [5.41, 5.74) is 3.06. The Balaban J connectivity index is 2.08. The summed E-state index contributed by atoms with van der Waals surface area (Å²) in [6, 6.07) is 6.19. The Morgan fingerprint density at radius 1 is 1.13 bits per heavy atom. The molecule has 4 N–H and O–H groups in total. The second-order valence-corrected chi connectivity index (χ2v) is 9.17. The highest BCUT2D eigenvalue weighted by molar-refractivity contribution is 7.92. The summed E-state index contributed by atoms with van der Waals surface area (Å²) >= 11 is 0. The molecule has 0 saturated heterocycles. The van der Waals surface area contributed by atoms with Crippen LogP contribution >= 0.6 is 0 Å². The molecule has 0 aliphatic heterocycles. The van der Waals surface area contributed by atoms with E-state index in [4.69, 9.17) is 5.73 Å². The molecule has 160 valence electrons. The van der Waals surface area contributed by atoms with Crippen molar-refractivity contribution in [3.8, 4) is 11.1 Å². The Bertz CT molecular complexity index is 1170. The monoisotopic (exact) mass is 443 g/mol. The normalized spacial score (nSPS) is 12.4. The minimum Gasteiger partial charge on any atom is -0.366 e. The van der Waals surface area contributed by atoms with Crippen LogP contribution in [0, 0.1) is 5.82 Å². The molecule has 0 atom stereocenters. The summed E-state index contributed by atoms with van der Waals surface area (Å²) in [4.78, 5) is 3.64. The standard InChI is InChI=1S/C18H17F4N5O2S/c1-9(2)30(28,29)12-5-3-10(4-6-12)15-13(18(20,21)22)7-11(8-14(15)19)24-17-25-16(23)26-27-17/h3-9H,1-2H3,(H4,23,24,25,26,27). The topological polar surface area (TPSA) is 114 Å². The van der Waals surface area contributed by atoms with Crippen LogP contribution in [0.4, 0.5) is 35.1 Å². The highest BCUT2D eigenvalue weighted by Gasteiger charge is 2.36. The fourth-order valence-corrected chi connectivity index (χ4v) is 3.81. The molecule has 0 amide bonds. The summed E-state index contributed by atoms with van der Waals surface area (Å²) in [7, 11) is -3.62. The maximum absolute atomic E-state index is 14.8. The van der Waals surface area contributed by atoms with Gasteiger partial charge in [-0.15, -0.1) is 5.10 Å². The van der Waals surface area contributed by atoms with Crippen molar-refractivity contribution in [2.75, 3.05) is 11.1 Å². The highest BCUT2D eigenvalue weighted by Crippen LogP contribution is 2.41. The average Bonchev–Trinajstić information content (AvgIpc) is 3.05. The number of nitrogens with one attached hydrogen (secondary N) is 2. The first-order chi connectivity index (χ1) is 13.9. The van der Waals surface area contributed by atoms with Gasteiger partial charge in [0.05, 0.1) is 15.7 Å². The zero-order valence-electron chi connectivity index (χ0n) is 15.7. The molecular formula is C18H17F4N5O2S. The van der Waals surface area contributed by atoms with Crippen LogP contribution < -0.4 is 11.1 Å². The Kier molecular flexibility index (Phi) is 5.46. The van der Waals surface area contributed by atoms with Gasteiger partial charge in [0.15, 0.2) is 9.84 Å². The minimum atomic E-state index is -4.88. The lowest BCUT2D eigenvalue weighted by molar-refractivity contribution is -0.137. The van der Waals surface area contributed by atoms with Gasteiger partial charge in [0, 0.05) is 11.3 Å². The number of aromatic amines is 1. The Hall–Kier alpha value is -3.15. The van der Waals surface area contributed by atoms with Gasteiger partial charge in [-0.1, -0.05) is 12.1 Å². The molecule has 0 aliphatic rings. The fourth-order valence-electron chi connectivity index (χ4n) is 2.75.